The first-order chi connectivity index (χ1) is 6.24. The summed E-state index contributed by atoms with van der Waals surface area (Å²) in [5, 5.41) is 9.17. The number of hydrogen-bond donors (Lipinski definition) is 1. The zero-order valence-corrected chi connectivity index (χ0v) is 10.1. The number of halogens is 1. The Balaban J connectivity index is 3.23. The molecule has 13 heavy (non-hydrogen) atoms. The van der Waals surface area contributed by atoms with E-state index in [4.69, 9.17) is 11.6 Å². The Morgan fingerprint density at radius 3 is 2.46 bits per heavy atom. The van der Waals surface area contributed by atoms with Crippen LogP contribution in [0.25, 0.3) is 0 Å². The van der Waals surface area contributed by atoms with Gasteiger partial charge in [-0.1, -0.05) is 13.8 Å². The fraction of sp³-hybridized carbons (Fsp3) is 1.00. The van der Waals surface area contributed by atoms with Crippen molar-refractivity contribution >= 4 is 23.4 Å². The molecule has 0 aliphatic carbocycles. The van der Waals surface area contributed by atoms with Crippen LogP contribution < -0.4 is 0 Å². The van der Waals surface area contributed by atoms with Gasteiger partial charge in [0.2, 0.25) is 0 Å². The van der Waals surface area contributed by atoms with E-state index >= 15 is 0 Å². The summed E-state index contributed by atoms with van der Waals surface area (Å²) in [4.78, 5) is 2.38. The monoisotopic (exact) mass is 225 g/mol. The van der Waals surface area contributed by atoms with Crippen molar-refractivity contribution in [3.05, 3.63) is 0 Å². The van der Waals surface area contributed by atoms with Crippen LogP contribution in [0.1, 0.15) is 13.8 Å². The molecule has 0 aromatic heterocycles. The summed E-state index contributed by atoms with van der Waals surface area (Å²) >= 11 is 7.24. The minimum atomic E-state index is -0.344. The van der Waals surface area contributed by atoms with Crippen LogP contribution in [0.4, 0.5) is 0 Å². The van der Waals surface area contributed by atoms with Gasteiger partial charge in [0, 0.05) is 23.9 Å². The lowest BCUT2D eigenvalue weighted by Crippen LogP contribution is -2.26. The quantitative estimate of drug-likeness (QED) is 0.502. The third kappa shape index (κ3) is 7.62. The van der Waals surface area contributed by atoms with Crippen LogP contribution in [0.5, 0.6) is 0 Å². The third-order valence-electron chi connectivity index (χ3n) is 1.93. The third-order valence-corrected chi connectivity index (χ3v) is 3.38. The van der Waals surface area contributed by atoms with Crippen molar-refractivity contribution in [3.8, 4) is 0 Å². The first-order valence-corrected chi connectivity index (χ1v) is 6.47. The maximum Gasteiger partial charge on any atom is 0.0765 e. The van der Waals surface area contributed by atoms with E-state index in [1.54, 1.807) is 11.8 Å². The maximum atomic E-state index is 9.17. The lowest BCUT2D eigenvalue weighted by molar-refractivity contribution is 0.223. The smallest absolute Gasteiger partial charge is 0.0765 e. The summed E-state index contributed by atoms with van der Waals surface area (Å²) in [6.45, 7) is 7.65. The Morgan fingerprint density at radius 2 is 2.00 bits per heavy atom. The van der Waals surface area contributed by atoms with Crippen molar-refractivity contribution in [2.75, 3.05) is 37.0 Å². The van der Waals surface area contributed by atoms with Crippen molar-refractivity contribution in [1.82, 2.24) is 4.90 Å². The largest absolute Gasteiger partial charge is 0.391 e. The molecule has 0 radical (unpaired) electrons. The molecule has 0 aliphatic heterocycles. The fourth-order valence-electron chi connectivity index (χ4n) is 0.997. The SMILES string of the molecule is CCN(CC)CCSCC(O)CCl. The van der Waals surface area contributed by atoms with Gasteiger partial charge in [-0.2, -0.15) is 11.8 Å². The predicted molar refractivity (Wildman–Crippen MR) is 61.8 cm³/mol. The molecule has 0 aromatic rings. The molecule has 0 aliphatic rings. The van der Waals surface area contributed by atoms with Crippen LogP contribution in [0, 0.1) is 0 Å². The minimum absolute atomic E-state index is 0.344. The van der Waals surface area contributed by atoms with Crippen LogP contribution in [0.2, 0.25) is 0 Å². The molecule has 0 fully saturated rings. The molecular formula is C9H20ClNOS. The number of hydrogen-bond acceptors (Lipinski definition) is 3. The van der Waals surface area contributed by atoms with E-state index in [-0.39, 0.29) is 6.10 Å². The zero-order chi connectivity index (χ0) is 10.1. The average Bonchev–Trinajstić information content (AvgIpc) is 2.18. The van der Waals surface area contributed by atoms with Gasteiger partial charge in [0.1, 0.15) is 0 Å². The second kappa shape index (κ2) is 9.13. The first kappa shape index (κ1) is 13.6. The van der Waals surface area contributed by atoms with Gasteiger partial charge in [-0.15, -0.1) is 11.6 Å². The molecular weight excluding hydrogens is 206 g/mol. The van der Waals surface area contributed by atoms with Gasteiger partial charge in [0.25, 0.3) is 0 Å². The standard InChI is InChI=1S/C9H20ClNOS/c1-3-11(4-2)5-6-13-8-9(12)7-10/h9,12H,3-8H2,1-2H3. The van der Waals surface area contributed by atoms with Crippen LogP contribution in [-0.4, -0.2) is 53.1 Å². The Labute approximate surface area is 90.6 Å². The average molecular weight is 226 g/mol. The van der Waals surface area contributed by atoms with Crippen LogP contribution in [0.15, 0.2) is 0 Å². The second-order valence-electron chi connectivity index (χ2n) is 2.91. The summed E-state index contributed by atoms with van der Waals surface area (Å²) in [7, 11) is 0. The molecule has 0 heterocycles. The molecule has 4 heteroatoms. The summed E-state index contributed by atoms with van der Waals surface area (Å²) < 4.78 is 0. The number of alkyl halides is 1. The number of nitrogens with zero attached hydrogens (tertiary/aromatic N) is 1. The number of aliphatic hydroxyl groups is 1. The van der Waals surface area contributed by atoms with E-state index in [0.29, 0.717) is 5.88 Å². The van der Waals surface area contributed by atoms with E-state index in [9.17, 15) is 5.11 Å². The fourth-order valence-corrected chi connectivity index (χ4v) is 2.18. The van der Waals surface area contributed by atoms with Gasteiger partial charge in [-0.25, -0.2) is 0 Å². The van der Waals surface area contributed by atoms with Gasteiger partial charge in [-0.3, -0.25) is 0 Å². The normalized spacial score (nSPS) is 13.6. The second-order valence-corrected chi connectivity index (χ2v) is 4.37. The number of thioether (sulfide) groups is 1. The van der Waals surface area contributed by atoms with Crippen molar-refractivity contribution in [2.45, 2.75) is 20.0 Å². The Morgan fingerprint density at radius 1 is 1.38 bits per heavy atom. The minimum Gasteiger partial charge on any atom is -0.391 e. The van der Waals surface area contributed by atoms with Crippen molar-refractivity contribution in [2.24, 2.45) is 0 Å². The summed E-state index contributed by atoms with van der Waals surface area (Å²) in [5.41, 5.74) is 0. The Bertz CT molecular complexity index is 112. The highest BCUT2D eigenvalue weighted by molar-refractivity contribution is 7.99. The van der Waals surface area contributed by atoms with Gasteiger partial charge in [0.05, 0.1) is 6.10 Å². The molecule has 0 spiro atoms. The summed E-state index contributed by atoms with van der Waals surface area (Å²) in [6, 6.07) is 0. The van der Waals surface area contributed by atoms with Gasteiger partial charge >= 0.3 is 0 Å². The van der Waals surface area contributed by atoms with Crippen LogP contribution in [-0.2, 0) is 0 Å². The molecule has 1 unspecified atom stereocenters. The number of aliphatic hydroxyl groups excluding tert-OH is 1. The van der Waals surface area contributed by atoms with E-state index in [0.717, 1.165) is 31.1 Å². The highest BCUT2D eigenvalue weighted by Crippen LogP contribution is 2.04. The van der Waals surface area contributed by atoms with Crippen LogP contribution >= 0.6 is 23.4 Å². The molecule has 0 saturated carbocycles. The van der Waals surface area contributed by atoms with Gasteiger partial charge < -0.3 is 10.0 Å². The van der Waals surface area contributed by atoms with Gasteiger partial charge in [0.15, 0.2) is 0 Å². The molecule has 2 nitrogen and oxygen atoms in total. The topological polar surface area (TPSA) is 23.5 Å². The number of rotatable bonds is 8. The molecule has 0 rings (SSSR count). The van der Waals surface area contributed by atoms with Crippen molar-refractivity contribution < 1.29 is 5.11 Å². The van der Waals surface area contributed by atoms with E-state index < -0.39 is 0 Å². The summed E-state index contributed by atoms with van der Waals surface area (Å²) in [5.74, 6) is 2.18. The molecule has 0 saturated heterocycles. The Kier molecular flexibility index (Phi) is 9.52. The highest BCUT2D eigenvalue weighted by atomic mass is 35.5. The molecule has 1 N–H and O–H groups in total. The maximum absolute atomic E-state index is 9.17. The molecule has 0 aromatic carbocycles. The van der Waals surface area contributed by atoms with E-state index in [2.05, 4.69) is 18.7 Å². The van der Waals surface area contributed by atoms with E-state index in [1.165, 1.54) is 0 Å². The highest BCUT2D eigenvalue weighted by Gasteiger charge is 2.02. The van der Waals surface area contributed by atoms with Crippen LogP contribution in [0.3, 0.4) is 0 Å². The van der Waals surface area contributed by atoms with Crippen molar-refractivity contribution in [1.29, 1.82) is 0 Å². The predicted octanol–water partition coefficient (Wildman–Crippen LogP) is 1.66. The summed E-state index contributed by atoms with van der Waals surface area (Å²) in [6.07, 6.45) is -0.344. The van der Waals surface area contributed by atoms with Gasteiger partial charge in [-0.05, 0) is 13.1 Å². The Hall–Kier alpha value is 0.560. The lowest BCUT2D eigenvalue weighted by atomic mass is 10.5. The van der Waals surface area contributed by atoms with E-state index in [1.807, 2.05) is 0 Å². The molecule has 1 atom stereocenters. The van der Waals surface area contributed by atoms with Crippen molar-refractivity contribution in [3.63, 3.8) is 0 Å². The zero-order valence-electron chi connectivity index (χ0n) is 8.50. The molecule has 80 valence electrons. The molecule has 0 bridgehead atoms. The lowest BCUT2D eigenvalue weighted by Gasteiger charge is -2.17. The first-order valence-electron chi connectivity index (χ1n) is 4.78. The molecule has 0 amide bonds.